The highest BCUT2D eigenvalue weighted by molar-refractivity contribution is 5.49. The highest BCUT2D eigenvalue weighted by atomic mass is 16.5. The van der Waals surface area contributed by atoms with Gasteiger partial charge in [-0.3, -0.25) is 0 Å². The molecule has 5 heteroatoms. The summed E-state index contributed by atoms with van der Waals surface area (Å²) >= 11 is 0. The molecule has 5 nitrogen and oxygen atoms in total. The summed E-state index contributed by atoms with van der Waals surface area (Å²) in [6.45, 7) is 4.81. The fraction of sp³-hybridized carbons (Fsp3) is 0.538. The third-order valence-electron chi connectivity index (χ3n) is 7.60. The monoisotopic (exact) mass is 420 g/mol. The quantitative estimate of drug-likeness (QED) is 0.668. The first kappa shape index (κ1) is 20.8. The molecule has 5 N–H and O–H groups in total. The van der Waals surface area contributed by atoms with Gasteiger partial charge in [-0.05, 0) is 79.3 Å². The Hall–Kier alpha value is -2.08. The number of nitrogens with one attached hydrogen (secondary N) is 1. The minimum atomic E-state index is -0.00879. The Morgan fingerprint density at radius 2 is 1.77 bits per heavy atom. The molecule has 0 radical (unpaired) electrons. The van der Waals surface area contributed by atoms with E-state index in [1.807, 2.05) is 0 Å². The van der Waals surface area contributed by atoms with E-state index in [4.69, 9.17) is 16.2 Å². The van der Waals surface area contributed by atoms with Gasteiger partial charge >= 0.3 is 0 Å². The summed E-state index contributed by atoms with van der Waals surface area (Å²) in [6.07, 6.45) is 5.50. The molecule has 2 unspecified atom stereocenters. The van der Waals surface area contributed by atoms with Crippen LogP contribution < -0.4 is 26.4 Å². The molecule has 2 atom stereocenters. The third kappa shape index (κ3) is 4.74. The van der Waals surface area contributed by atoms with Gasteiger partial charge in [-0.1, -0.05) is 24.3 Å². The molecule has 2 aliphatic carbocycles. The Labute approximate surface area is 186 Å². The van der Waals surface area contributed by atoms with E-state index >= 15 is 0 Å². The molecule has 0 amide bonds. The zero-order valence-corrected chi connectivity index (χ0v) is 18.4. The fourth-order valence-corrected chi connectivity index (χ4v) is 5.49. The Kier molecular flexibility index (Phi) is 5.91. The zero-order chi connectivity index (χ0) is 21.3. The van der Waals surface area contributed by atoms with Crippen LogP contribution in [0.5, 0.6) is 5.75 Å². The van der Waals surface area contributed by atoms with E-state index in [9.17, 15) is 0 Å². The van der Waals surface area contributed by atoms with Crippen LogP contribution in [-0.4, -0.2) is 37.8 Å². The molecular formula is C26H36N4O. The van der Waals surface area contributed by atoms with Gasteiger partial charge in [-0.15, -0.1) is 0 Å². The number of hydrogen-bond donors (Lipinski definition) is 3. The van der Waals surface area contributed by atoms with E-state index in [1.165, 1.54) is 23.2 Å². The van der Waals surface area contributed by atoms with Crippen LogP contribution in [0.4, 0.5) is 5.69 Å². The highest BCUT2D eigenvalue weighted by Crippen LogP contribution is 2.56. The van der Waals surface area contributed by atoms with Crippen LogP contribution in [0.3, 0.4) is 0 Å². The molecule has 1 heterocycles. The number of nitrogens with zero attached hydrogens (tertiary/aromatic N) is 1. The lowest BCUT2D eigenvalue weighted by molar-refractivity contribution is 0.239. The molecule has 0 bridgehead atoms. The van der Waals surface area contributed by atoms with E-state index < -0.39 is 0 Å². The molecule has 2 aromatic carbocycles. The van der Waals surface area contributed by atoms with Crippen molar-refractivity contribution in [3.63, 3.8) is 0 Å². The predicted octanol–water partition coefficient (Wildman–Crippen LogP) is 3.38. The molecule has 166 valence electrons. The van der Waals surface area contributed by atoms with Gasteiger partial charge in [-0.2, -0.15) is 0 Å². The molecule has 0 aromatic heterocycles. The van der Waals surface area contributed by atoms with Crippen molar-refractivity contribution in [2.45, 2.75) is 56.2 Å². The Balaban J connectivity index is 1.16. The maximum atomic E-state index is 6.78. The average Bonchev–Trinajstić information content (AvgIpc) is 3.63. The van der Waals surface area contributed by atoms with Crippen molar-refractivity contribution >= 4 is 5.69 Å². The van der Waals surface area contributed by atoms with Crippen LogP contribution in [0, 0.1) is 5.92 Å². The van der Waals surface area contributed by atoms with Crippen LogP contribution in [-0.2, 0) is 6.61 Å². The van der Waals surface area contributed by atoms with Crippen molar-refractivity contribution in [1.29, 1.82) is 0 Å². The van der Waals surface area contributed by atoms with Crippen molar-refractivity contribution in [2.75, 3.05) is 31.1 Å². The second-order valence-corrected chi connectivity index (χ2v) is 9.78. The molecule has 3 fully saturated rings. The smallest absolute Gasteiger partial charge is 0.119 e. The molecule has 3 aliphatic rings. The van der Waals surface area contributed by atoms with Gasteiger partial charge in [0, 0.05) is 43.4 Å². The number of ether oxygens (including phenoxy) is 1. The molecule has 1 aliphatic heterocycles. The summed E-state index contributed by atoms with van der Waals surface area (Å²) in [4.78, 5) is 2.44. The minimum absolute atomic E-state index is 0.00879. The summed E-state index contributed by atoms with van der Waals surface area (Å²) < 4.78 is 6.09. The topological polar surface area (TPSA) is 76.5 Å². The van der Waals surface area contributed by atoms with Gasteiger partial charge in [0.2, 0.25) is 0 Å². The number of rotatable bonds is 6. The molecule has 2 saturated carbocycles. The summed E-state index contributed by atoms with van der Waals surface area (Å²) in [5.41, 5.74) is 16.7. The third-order valence-corrected chi connectivity index (χ3v) is 7.60. The minimum Gasteiger partial charge on any atom is -0.489 e. The van der Waals surface area contributed by atoms with Gasteiger partial charge in [0.25, 0.3) is 0 Å². The summed E-state index contributed by atoms with van der Waals surface area (Å²) in [5, 5.41) is 3.41. The lowest BCUT2D eigenvalue weighted by Crippen LogP contribution is -2.48. The average molecular weight is 421 g/mol. The van der Waals surface area contributed by atoms with Crippen LogP contribution in [0.15, 0.2) is 48.5 Å². The highest BCUT2D eigenvalue weighted by Gasteiger charge is 2.51. The first-order chi connectivity index (χ1) is 15.1. The van der Waals surface area contributed by atoms with Crippen LogP contribution in [0.25, 0.3) is 0 Å². The maximum Gasteiger partial charge on any atom is 0.119 e. The van der Waals surface area contributed by atoms with Gasteiger partial charge in [0.05, 0.1) is 0 Å². The molecule has 1 saturated heterocycles. The molecule has 31 heavy (non-hydrogen) atoms. The van der Waals surface area contributed by atoms with Crippen molar-refractivity contribution in [2.24, 2.45) is 17.4 Å². The molecule has 2 aromatic rings. The first-order valence-corrected chi connectivity index (χ1v) is 11.9. The van der Waals surface area contributed by atoms with E-state index in [0.717, 1.165) is 57.6 Å². The standard InChI is InChI=1S/C26H36N4O/c27-21-8-10-26(28,11-9-21)25-17-24(25)20-4-6-23(7-5-20)31-18-19-2-1-3-22(16-19)30-14-12-29-13-15-30/h1-7,16,21,24-25,29H,8-15,17-18,27-28H2. The number of piperazine rings is 1. The van der Waals surface area contributed by atoms with Crippen molar-refractivity contribution < 1.29 is 4.74 Å². The van der Waals surface area contributed by atoms with Crippen LogP contribution in [0.2, 0.25) is 0 Å². The predicted molar refractivity (Wildman–Crippen MR) is 127 cm³/mol. The number of benzene rings is 2. The SMILES string of the molecule is NC1CCC(N)(C2CC2c2ccc(OCc3cccc(N4CCNCC4)c3)cc2)CC1. The molecule has 0 spiro atoms. The van der Waals surface area contributed by atoms with Crippen LogP contribution >= 0.6 is 0 Å². The lowest BCUT2D eigenvalue weighted by Gasteiger charge is -2.36. The van der Waals surface area contributed by atoms with Gasteiger partial charge in [-0.25, -0.2) is 0 Å². The van der Waals surface area contributed by atoms with Gasteiger partial charge < -0.3 is 26.4 Å². The molecule has 5 rings (SSSR count). The van der Waals surface area contributed by atoms with E-state index in [0.29, 0.717) is 24.5 Å². The summed E-state index contributed by atoms with van der Waals surface area (Å²) in [7, 11) is 0. The van der Waals surface area contributed by atoms with Crippen molar-refractivity contribution in [3.8, 4) is 5.75 Å². The Morgan fingerprint density at radius 3 is 2.52 bits per heavy atom. The summed E-state index contributed by atoms with van der Waals surface area (Å²) in [6, 6.07) is 17.8. The zero-order valence-electron chi connectivity index (χ0n) is 18.4. The Morgan fingerprint density at radius 1 is 1.03 bits per heavy atom. The fourth-order valence-electron chi connectivity index (χ4n) is 5.49. The second-order valence-electron chi connectivity index (χ2n) is 9.78. The summed E-state index contributed by atoms with van der Waals surface area (Å²) in [5.74, 6) is 2.14. The van der Waals surface area contributed by atoms with Gasteiger partial charge in [0.15, 0.2) is 0 Å². The number of nitrogens with two attached hydrogens (primary N) is 2. The van der Waals surface area contributed by atoms with E-state index in [1.54, 1.807) is 0 Å². The van der Waals surface area contributed by atoms with Crippen molar-refractivity contribution in [3.05, 3.63) is 59.7 Å². The van der Waals surface area contributed by atoms with Gasteiger partial charge in [0.1, 0.15) is 12.4 Å². The first-order valence-electron chi connectivity index (χ1n) is 11.9. The Bertz CT molecular complexity index is 869. The second kappa shape index (κ2) is 8.81. The van der Waals surface area contributed by atoms with Crippen LogP contribution in [0.1, 0.15) is 49.1 Å². The number of hydrogen-bond acceptors (Lipinski definition) is 5. The largest absolute Gasteiger partial charge is 0.489 e. The lowest BCUT2D eigenvalue weighted by atomic mass is 9.76. The molecular weight excluding hydrogens is 384 g/mol. The van der Waals surface area contributed by atoms with E-state index in [-0.39, 0.29) is 5.54 Å². The van der Waals surface area contributed by atoms with E-state index in [2.05, 4.69) is 58.7 Å². The normalized spacial score (nSPS) is 30.8. The number of anilines is 1. The van der Waals surface area contributed by atoms with Crippen molar-refractivity contribution in [1.82, 2.24) is 5.32 Å². The maximum absolute atomic E-state index is 6.78.